The highest BCUT2D eigenvalue weighted by molar-refractivity contribution is 6.05. The molecule has 0 saturated carbocycles. The van der Waals surface area contributed by atoms with E-state index < -0.39 is 5.91 Å². The number of hydrogen-bond acceptors (Lipinski definition) is 4. The maximum atomic E-state index is 12.6. The van der Waals surface area contributed by atoms with Crippen LogP contribution in [-0.2, 0) is 13.5 Å². The smallest absolute Gasteiger partial charge is 0.269 e. The molecule has 3 N–H and O–H groups in total. The molecule has 2 aromatic heterocycles. The van der Waals surface area contributed by atoms with Crippen LogP contribution in [0.5, 0.6) is 0 Å². The number of hydrogen-bond donors (Lipinski definition) is 2. The Bertz CT molecular complexity index is 940. The van der Waals surface area contributed by atoms with Gasteiger partial charge in [0.15, 0.2) is 0 Å². The molecule has 0 atom stereocenters. The van der Waals surface area contributed by atoms with Gasteiger partial charge in [-0.1, -0.05) is 19.1 Å². The number of para-hydroxylation sites is 2. The van der Waals surface area contributed by atoms with Crippen molar-refractivity contribution in [2.45, 2.75) is 13.3 Å². The molecular weight excluding hydrogens is 320 g/mol. The molecule has 3 aromatic rings. The number of carbonyl (C=O) groups excluding carboxylic acids is 2. The van der Waals surface area contributed by atoms with Crippen molar-refractivity contribution in [1.29, 1.82) is 0 Å². The zero-order chi connectivity index (χ0) is 18.0. The van der Waals surface area contributed by atoms with Gasteiger partial charge in [0.1, 0.15) is 5.69 Å². The summed E-state index contributed by atoms with van der Waals surface area (Å²) in [7, 11) is 1.78. The van der Waals surface area contributed by atoms with E-state index in [0.717, 1.165) is 5.69 Å². The van der Waals surface area contributed by atoms with Crippen molar-refractivity contribution in [3.05, 3.63) is 59.7 Å². The molecule has 0 spiro atoms. The minimum atomic E-state index is -0.608. The fourth-order valence-electron chi connectivity index (χ4n) is 2.54. The Morgan fingerprint density at radius 2 is 1.96 bits per heavy atom. The number of nitrogens with one attached hydrogen (secondary N) is 1. The molecule has 0 radical (unpaired) electrons. The van der Waals surface area contributed by atoms with Gasteiger partial charge >= 0.3 is 0 Å². The second kappa shape index (κ2) is 6.60. The topological polar surface area (TPSA) is 108 Å². The van der Waals surface area contributed by atoms with E-state index in [2.05, 4.69) is 15.5 Å². The van der Waals surface area contributed by atoms with Crippen LogP contribution in [0.25, 0.3) is 5.69 Å². The van der Waals surface area contributed by atoms with Crippen molar-refractivity contribution in [3.63, 3.8) is 0 Å². The van der Waals surface area contributed by atoms with E-state index in [1.165, 1.54) is 10.7 Å². The number of nitrogens with zero attached hydrogens (tertiary/aromatic N) is 4. The third-order valence-electron chi connectivity index (χ3n) is 3.73. The second-order valence-corrected chi connectivity index (χ2v) is 5.50. The molecule has 8 heteroatoms. The lowest BCUT2D eigenvalue weighted by atomic mass is 10.2. The molecule has 0 aliphatic carbocycles. The highest BCUT2D eigenvalue weighted by atomic mass is 16.2. The second-order valence-electron chi connectivity index (χ2n) is 5.50. The number of amides is 2. The summed E-state index contributed by atoms with van der Waals surface area (Å²) in [5.74, 6) is -0.858. The van der Waals surface area contributed by atoms with Gasteiger partial charge in [-0.05, 0) is 24.6 Å². The van der Waals surface area contributed by atoms with Gasteiger partial charge in [-0.25, -0.2) is 4.68 Å². The van der Waals surface area contributed by atoms with E-state index in [9.17, 15) is 9.59 Å². The molecule has 0 aliphatic heterocycles. The fourth-order valence-corrected chi connectivity index (χ4v) is 2.54. The summed E-state index contributed by atoms with van der Waals surface area (Å²) < 4.78 is 3.12. The zero-order valence-electron chi connectivity index (χ0n) is 13.9. The van der Waals surface area contributed by atoms with Crippen LogP contribution < -0.4 is 11.1 Å². The molecular formula is C17H18N6O2. The predicted octanol–water partition coefficient (Wildman–Crippen LogP) is 1.52. The van der Waals surface area contributed by atoms with Crippen molar-refractivity contribution in [2.24, 2.45) is 12.8 Å². The van der Waals surface area contributed by atoms with Crippen LogP contribution in [0, 0.1) is 0 Å². The Kier molecular flexibility index (Phi) is 4.34. The number of benzene rings is 1. The van der Waals surface area contributed by atoms with E-state index in [-0.39, 0.29) is 11.6 Å². The number of anilines is 1. The van der Waals surface area contributed by atoms with E-state index in [1.54, 1.807) is 36.3 Å². The molecule has 0 bridgehead atoms. The van der Waals surface area contributed by atoms with Crippen LogP contribution in [0.15, 0.2) is 42.7 Å². The average Bonchev–Trinajstić information content (AvgIpc) is 3.22. The Labute approximate surface area is 144 Å². The third kappa shape index (κ3) is 3.27. The van der Waals surface area contributed by atoms with Gasteiger partial charge in [0.25, 0.3) is 11.8 Å². The minimum absolute atomic E-state index is 0.154. The lowest BCUT2D eigenvalue weighted by molar-refractivity contribution is 0.0992. The Morgan fingerprint density at radius 3 is 2.64 bits per heavy atom. The van der Waals surface area contributed by atoms with Crippen LogP contribution in [0.3, 0.4) is 0 Å². The Hall–Kier alpha value is -3.42. The first-order chi connectivity index (χ1) is 12.0. The number of primary amides is 1. The molecule has 0 aliphatic rings. The summed E-state index contributed by atoms with van der Waals surface area (Å²) in [6.45, 7) is 1.95. The van der Waals surface area contributed by atoms with Gasteiger partial charge in [0.05, 0.1) is 22.6 Å². The molecule has 2 amide bonds. The van der Waals surface area contributed by atoms with Crippen LogP contribution in [0.1, 0.15) is 33.5 Å². The van der Waals surface area contributed by atoms with E-state index in [4.69, 9.17) is 5.73 Å². The number of carbonyl (C=O) groups is 2. The number of aromatic nitrogens is 4. The predicted molar refractivity (Wildman–Crippen MR) is 92.6 cm³/mol. The van der Waals surface area contributed by atoms with Crippen molar-refractivity contribution < 1.29 is 9.59 Å². The maximum absolute atomic E-state index is 12.6. The van der Waals surface area contributed by atoms with Crippen LogP contribution in [0.4, 0.5) is 5.69 Å². The quantitative estimate of drug-likeness (QED) is 0.735. The minimum Gasteiger partial charge on any atom is -0.364 e. The molecule has 0 fully saturated rings. The van der Waals surface area contributed by atoms with Gasteiger partial charge in [0.2, 0.25) is 0 Å². The van der Waals surface area contributed by atoms with Crippen molar-refractivity contribution in [3.8, 4) is 5.69 Å². The first kappa shape index (κ1) is 16.4. The Morgan fingerprint density at radius 1 is 1.20 bits per heavy atom. The highest BCUT2D eigenvalue weighted by Gasteiger charge is 2.16. The monoisotopic (exact) mass is 338 g/mol. The molecule has 25 heavy (non-hydrogen) atoms. The molecule has 1 aromatic carbocycles. The molecule has 0 unspecified atom stereocenters. The largest absolute Gasteiger partial charge is 0.364 e. The van der Waals surface area contributed by atoms with Gasteiger partial charge in [-0.3, -0.25) is 14.3 Å². The van der Waals surface area contributed by atoms with Gasteiger partial charge in [-0.15, -0.1) is 0 Å². The molecule has 2 heterocycles. The third-order valence-corrected chi connectivity index (χ3v) is 3.73. The fraction of sp³-hybridized carbons (Fsp3) is 0.176. The first-order valence-corrected chi connectivity index (χ1v) is 7.78. The zero-order valence-corrected chi connectivity index (χ0v) is 13.9. The summed E-state index contributed by atoms with van der Waals surface area (Å²) in [5, 5.41) is 11.3. The lowest BCUT2D eigenvalue weighted by Crippen LogP contribution is -2.15. The standard InChI is InChI=1S/C17H18N6O2/c1-3-12-11(10-22(2)20-12)17(25)19-13-6-4-5-7-15(13)23-9-8-14(21-23)16(18)24/h4-10H,3H2,1-2H3,(H2,18,24)(H,19,25). The van der Waals surface area contributed by atoms with Crippen LogP contribution in [0.2, 0.25) is 0 Å². The molecule has 128 valence electrons. The normalized spacial score (nSPS) is 10.6. The number of nitrogens with two attached hydrogens (primary N) is 1. The van der Waals surface area contributed by atoms with Gasteiger partial charge in [-0.2, -0.15) is 10.2 Å². The van der Waals surface area contributed by atoms with Crippen molar-refractivity contribution >= 4 is 17.5 Å². The number of rotatable bonds is 5. The average molecular weight is 338 g/mol. The summed E-state index contributed by atoms with van der Waals surface area (Å²) in [6, 6.07) is 8.70. The van der Waals surface area contributed by atoms with Crippen molar-refractivity contribution in [1.82, 2.24) is 19.6 Å². The maximum Gasteiger partial charge on any atom is 0.269 e. The van der Waals surface area contributed by atoms with Gasteiger partial charge in [0, 0.05) is 19.4 Å². The summed E-state index contributed by atoms with van der Waals surface area (Å²) in [4.78, 5) is 23.9. The lowest BCUT2D eigenvalue weighted by Gasteiger charge is -2.11. The molecule has 0 saturated heterocycles. The molecule has 8 nitrogen and oxygen atoms in total. The summed E-state index contributed by atoms with van der Waals surface area (Å²) in [5.41, 5.74) is 7.85. The van der Waals surface area contributed by atoms with E-state index in [1.807, 2.05) is 19.1 Å². The molecule has 3 rings (SSSR count). The van der Waals surface area contributed by atoms with E-state index in [0.29, 0.717) is 23.4 Å². The summed E-state index contributed by atoms with van der Waals surface area (Å²) in [6.07, 6.45) is 3.97. The SMILES string of the molecule is CCc1nn(C)cc1C(=O)Nc1ccccc1-n1ccc(C(N)=O)n1. The summed E-state index contributed by atoms with van der Waals surface area (Å²) >= 11 is 0. The van der Waals surface area contributed by atoms with Gasteiger partial charge < -0.3 is 11.1 Å². The van der Waals surface area contributed by atoms with Crippen molar-refractivity contribution in [2.75, 3.05) is 5.32 Å². The van der Waals surface area contributed by atoms with Crippen LogP contribution in [-0.4, -0.2) is 31.4 Å². The number of aryl methyl sites for hydroxylation is 2. The Balaban J connectivity index is 1.93. The highest BCUT2D eigenvalue weighted by Crippen LogP contribution is 2.21. The van der Waals surface area contributed by atoms with E-state index >= 15 is 0 Å². The van der Waals surface area contributed by atoms with Crippen LogP contribution >= 0.6 is 0 Å². The first-order valence-electron chi connectivity index (χ1n) is 7.78.